The van der Waals surface area contributed by atoms with Gasteiger partial charge in [0.1, 0.15) is 18.3 Å². The zero-order valence-corrected chi connectivity index (χ0v) is 14.8. The molecule has 1 atom stereocenters. The van der Waals surface area contributed by atoms with Crippen LogP contribution in [0.25, 0.3) is 0 Å². The lowest BCUT2D eigenvalue weighted by Crippen LogP contribution is -2.73. The number of nitrogens with one attached hydrogen (secondary N) is 2. The number of rotatable bonds is 7. The van der Waals surface area contributed by atoms with E-state index < -0.39 is 17.4 Å². The summed E-state index contributed by atoms with van der Waals surface area (Å²) < 4.78 is 11.0. The van der Waals surface area contributed by atoms with Gasteiger partial charge in [0, 0.05) is 18.7 Å². The van der Waals surface area contributed by atoms with Gasteiger partial charge in [0.15, 0.2) is 0 Å². The van der Waals surface area contributed by atoms with Crippen molar-refractivity contribution in [3.05, 3.63) is 23.8 Å². The van der Waals surface area contributed by atoms with Crippen molar-refractivity contribution < 1.29 is 24.1 Å². The van der Waals surface area contributed by atoms with E-state index in [1.807, 2.05) is 0 Å². The highest BCUT2D eigenvalue weighted by atomic mass is 16.5. The summed E-state index contributed by atoms with van der Waals surface area (Å²) in [6.45, 7) is 1.09. The lowest BCUT2D eigenvalue weighted by Gasteiger charge is -2.24. The van der Waals surface area contributed by atoms with Gasteiger partial charge in [0.2, 0.25) is 5.91 Å². The molecule has 8 heteroatoms. The van der Waals surface area contributed by atoms with Crippen molar-refractivity contribution in [1.29, 1.82) is 0 Å². The molecular weight excluding hydrogens is 336 g/mol. The highest BCUT2D eigenvalue weighted by molar-refractivity contribution is 6.44. The number of amides is 2. The molecule has 0 aromatic heterocycles. The summed E-state index contributed by atoms with van der Waals surface area (Å²) >= 11 is 0. The maximum absolute atomic E-state index is 12.8. The van der Waals surface area contributed by atoms with Gasteiger partial charge in [-0.15, -0.1) is 0 Å². The third-order valence-corrected chi connectivity index (χ3v) is 4.80. The summed E-state index contributed by atoms with van der Waals surface area (Å²) in [7, 11) is 1.62. The van der Waals surface area contributed by atoms with Gasteiger partial charge in [-0.3, -0.25) is 9.59 Å². The summed E-state index contributed by atoms with van der Waals surface area (Å²) in [6.07, 6.45) is 2.72. The number of nitrogen functional groups attached to an aromatic ring is 1. The Morgan fingerprint density at radius 2 is 2.19 bits per heavy atom. The third-order valence-electron chi connectivity index (χ3n) is 4.80. The second-order valence-electron chi connectivity index (χ2n) is 6.83. The van der Waals surface area contributed by atoms with Crippen molar-refractivity contribution in [2.45, 2.75) is 24.8 Å². The molecule has 1 heterocycles. The van der Waals surface area contributed by atoms with Crippen LogP contribution >= 0.6 is 0 Å². The maximum Gasteiger partial charge on any atom is 0.317 e. The zero-order chi connectivity index (χ0) is 18.7. The van der Waals surface area contributed by atoms with E-state index >= 15 is 0 Å². The van der Waals surface area contributed by atoms with Gasteiger partial charge in [-0.1, -0.05) is 0 Å². The lowest BCUT2D eigenvalue weighted by atomic mass is 9.96. The maximum atomic E-state index is 12.8. The fourth-order valence-electron chi connectivity index (χ4n) is 2.91. The van der Waals surface area contributed by atoms with Crippen molar-refractivity contribution in [3.63, 3.8) is 0 Å². The van der Waals surface area contributed by atoms with Crippen LogP contribution in [0.3, 0.4) is 0 Å². The van der Waals surface area contributed by atoms with E-state index in [4.69, 9.17) is 20.9 Å². The minimum atomic E-state index is -1.20. The Labute approximate surface area is 151 Å². The minimum absolute atomic E-state index is 0.0606. The highest BCUT2D eigenvalue weighted by Gasteiger charge is 2.44. The van der Waals surface area contributed by atoms with Gasteiger partial charge >= 0.3 is 5.91 Å². The average molecular weight is 361 g/mol. The van der Waals surface area contributed by atoms with E-state index in [1.165, 1.54) is 12.8 Å². The summed E-state index contributed by atoms with van der Waals surface area (Å²) in [5.74, 6) is 0.177. The van der Waals surface area contributed by atoms with Crippen molar-refractivity contribution in [2.24, 2.45) is 11.7 Å². The first-order chi connectivity index (χ1) is 12.4. The van der Waals surface area contributed by atoms with Gasteiger partial charge in [-0.25, -0.2) is 4.99 Å². The molecule has 8 nitrogen and oxygen atoms in total. The minimum Gasteiger partial charge on any atom is -0.493 e. The van der Waals surface area contributed by atoms with Crippen LogP contribution < -0.4 is 26.5 Å². The molecule has 1 unspecified atom stereocenters. The Balaban J connectivity index is 1.80. The highest BCUT2D eigenvalue weighted by Crippen LogP contribution is 2.30. The van der Waals surface area contributed by atoms with Crippen LogP contribution in [0.4, 0.5) is 5.69 Å². The van der Waals surface area contributed by atoms with Gasteiger partial charge in [0.25, 0.3) is 5.71 Å². The van der Waals surface area contributed by atoms with E-state index in [-0.39, 0.29) is 12.3 Å². The smallest absolute Gasteiger partial charge is 0.317 e. The van der Waals surface area contributed by atoms with Gasteiger partial charge < -0.3 is 26.3 Å². The number of ether oxygens (including phenoxy) is 2. The molecule has 140 valence electrons. The fraction of sp³-hybridized carbons (Fsp3) is 0.500. The number of carbonyl (C=O) groups is 2. The standard InChI is InChI=1S/C18H24N4O4/c1-21-15(16(23)22-18(17(20)24)6-7-25-10-18)13-8-12(4-5-14(13)19)26-9-11-2-3-11/h4-5,8,11H,2-3,6-7,9-10,19H2,1H3,(H2,20,24)(H,22,23)/p+1. The third kappa shape index (κ3) is 3.80. The predicted molar refractivity (Wildman–Crippen MR) is 95.6 cm³/mol. The average Bonchev–Trinajstić information content (AvgIpc) is 3.32. The molecule has 1 aliphatic heterocycles. The van der Waals surface area contributed by atoms with Crippen molar-refractivity contribution in [2.75, 3.05) is 32.6 Å². The zero-order valence-electron chi connectivity index (χ0n) is 14.8. The Hall–Kier alpha value is -2.61. The van der Waals surface area contributed by atoms with E-state index in [0.717, 1.165) is 0 Å². The molecule has 0 spiro atoms. The molecular formula is C18H25N4O4+. The number of hydrogen-bond donors (Lipinski definition) is 4. The second-order valence-corrected chi connectivity index (χ2v) is 6.83. The van der Waals surface area contributed by atoms with Crippen LogP contribution in [-0.2, 0) is 14.3 Å². The molecule has 6 N–H and O–H groups in total. The van der Waals surface area contributed by atoms with Crippen LogP contribution in [0, 0.1) is 5.92 Å². The first-order valence-corrected chi connectivity index (χ1v) is 8.73. The molecule has 1 aromatic carbocycles. The first-order valence-electron chi connectivity index (χ1n) is 8.73. The van der Waals surface area contributed by atoms with E-state index in [0.29, 0.717) is 42.6 Å². The number of anilines is 1. The van der Waals surface area contributed by atoms with Crippen molar-refractivity contribution in [3.8, 4) is 5.75 Å². The molecule has 3 rings (SSSR count). The van der Waals surface area contributed by atoms with E-state index in [9.17, 15) is 9.59 Å². The first kappa shape index (κ1) is 18.2. The lowest BCUT2D eigenvalue weighted by molar-refractivity contribution is -0.418. The molecule has 2 fully saturated rings. The largest absolute Gasteiger partial charge is 0.493 e. The van der Waals surface area contributed by atoms with Crippen LogP contribution in [0.2, 0.25) is 0 Å². The van der Waals surface area contributed by atoms with Crippen LogP contribution in [0.5, 0.6) is 5.75 Å². The Bertz CT molecular complexity index is 737. The monoisotopic (exact) mass is 361 g/mol. The SMILES string of the molecule is C[NH+]=C(C(=O)NC1(C(N)=O)CCOC1)c1cc(OCC2CC2)ccc1N. The molecule has 1 saturated heterocycles. The van der Waals surface area contributed by atoms with Crippen molar-refractivity contribution >= 4 is 23.2 Å². The Kier molecular flexibility index (Phi) is 5.13. The quantitative estimate of drug-likeness (QED) is 0.340. The van der Waals surface area contributed by atoms with Gasteiger partial charge in [0.05, 0.1) is 18.8 Å². The summed E-state index contributed by atoms with van der Waals surface area (Å²) in [6, 6.07) is 5.21. The topological polar surface area (TPSA) is 131 Å². The van der Waals surface area contributed by atoms with Gasteiger partial charge in [-0.2, -0.15) is 0 Å². The summed E-state index contributed by atoms with van der Waals surface area (Å²) in [5, 5.41) is 2.71. The second kappa shape index (κ2) is 7.33. The number of primary amides is 1. The van der Waals surface area contributed by atoms with Crippen LogP contribution in [0.1, 0.15) is 24.8 Å². The number of hydrogen-bond acceptors (Lipinski definition) is 5. The van der Waals surface area contributed by atoms with Gasteiger partial charge in [-0.05, 0) is 37.0 Å². The Morgan fingerprint density at radius 1 is 1.42 bits per heavy atom. The number of nitrogens with two attached hydrogens (primary N) is 2. The summed E-state index contributed by atoms with van der Waals surface area (Å²) in [5.41, 5.74) is 11.5. The summed E-state index contributed by atoms with van der Waals surface area (Å²) in [4.78, 5) is 27.5. The molecule has 0 radical (unpaired) electrons. The fourth-order valence-corrected chi connectivity index (χ4v) is 2.91. The number of carbonyl (C=O) groups excluding carboxylic acids is 2. The van der Waals surface area contributed by atoms with E-state index in [2.05, 4.69) is 10.3 Å². The van der Waals surface area contributed by atoms with E-state index in [1.54, 1.807) is 25.2 Å². The normalized spacial score (nSPS) is 22.9. The molecule has 2 aliphatic rings. The molecule has 1 aliphatic carbocycles. The predicted octanol–water partition coefficient (Wildman–Crippen LogP) is -1.68. The van der Waals surface area contributed by atoms with Crippen LogP contribution in [-0.4, -0.2) is 49.9 Å². The van der Waals surface area contributed by atoms with Crippen LogP contribution in [0.15, 0.2) is 18.2 Å². The van der Waals surface area contributed by atoms with Crippen molar-refractivity contribution in [1.82, 2.24) is 5.32 Å². The molecule has 0 bridgehead atoms. The Morgan fingerprint density at radius 3 is 2.77 bits per heavy atom. The molecule has 1 saturated carbocycles. The molecule has 26 heavy (non-hydrogen) atoms. The molecule has 2 amide bonds. The number of benzene rings is 1. The molecule has 1 aromatic rings.